The fourth-order valence-corrected chi connectivity index (χ4v) is 3.33. The molecular formula is C16H17N2O3P. The number of aryl methyl sites for hydroxylation is 1. The maximum Gasteiger partial charge on any atom is 0.334 e. The summed E-state index contributed by atoms with van der Waals surface area (Å²) in [7, 11) is -3.65. The predicted octanol–water partition coefficient (Wildman–Crippen LogP) is 3.65. The van der Waals surface area contributed by atoms with Gasteiger partial charge in [-0.1, -0.05) is 24.3 Å². The van der Waals surface area contributed by atoms with Crippen LogP contribution in [-0.2, 0) is 15.3 Å². The molecule has 1 aromatic carbocycles. The molecule has 0 bridgehead atoms. The lowest BCUT2D eigenvalue weighted by Crippen LogP contribution is -1.99. The zero-order chi connectivity index (χ0) is 16.2. The van der Waals surface area contributed by atoms with Crippen molar-refractivity contribution in [2.24, 2.45) is 0 Å². The van der Waals surface area contributed by atoms with Gasteiger partial charge in [-0.2, -0.15) is 5.26 Å². The van der Waals surface area contributed by atoms with E-state index in [-0.39, 0.29) is 12.8 Å². The molecule has 0 amide bonds. The van der Waals surface area contributed by atoms with Crippen LogP contribution in [0.1, 0.15) is 23.9 Å². The normalized spacial score (nSPS) is 13.4. The van der Waals surface area contributed by atoms with Gasteiger partial charge in [-0.15, -0.1) is 0 Å². The molecule has 0 radical (unpaired) electrons. The minimum atomic E-state index is -3.65. The zero-order valence-electron chi connectivity index (χ0n) is 12.5. The molecular weight excluding hydrogens is 299 g/mol. The quantitative estimate of drug-likeness (QED) is 0.851. The summed E-state index contributed by atoms with van der Waals surface area (Å²) in [6, 6.07) is 13.0. The van der Waals surface area contributed by atoms with Gasteiger partial charge in [0.15, 0.2) is 0 Å². The van der Waals surface area contributed by atoms with Crippen LogP contribution in [0.2, 0.25) is 0 Å². The van der Waals surface area contributed by atoms with Crippen molar-refractivity contribution in [1.29, 1.82) is 5.26 Å². The Hall–Kier alpha value is -1.99. The van der Waals surface area contributed by atoms with Crippen LogP contribution in [0.3, 0.4) is 0 Å². The molecule has 2 aromatic rings. The molecule has 0 spiro atoms. The van der Waals surface area contributed by atoms with Crippen LogP contribution >= 0.6 is 7.60 Å². The molecule has 1 unspecified atom stereocenters. The molecule has 1 aromatic heterocycles. The summed E-state index contributed by atoms with van der Waals surface area (Å²) in [5.74, 6) is 0. The topological polar surface area (TPSA) is 83.2 Å². The summed E-state index contributed by atoms with van der Waals surface area (Å²) in [5.41, 5.74) is 3.41. The summed E-state index contributed by atoms with van der Waals surface area (Å²) in [4.78, 5) is 14.0. The van der Waals surface area contributed by atoms with Gasteiger partial charge < -0.3 is 9.42 Å². The smallest absolute Gasteiger partial charge is 0.324 e. The molecule has 0 saturated heterocycles. The van der Waals surface area contributed by atoms with E-state index in [1.165, 1.54) is 0 Å². The van der Waals surface area contributed by atoms with Crippen LogP contribution in [0, 0.1) is 18.3 Å². The lowest BCUT2D eigenvalue weighted by atomic mass is 9.99. The van der Waals surface area contributed by atoms with Crippen molar-refractivity contribution in [3.63, 3.8) is 0 Å². The Morgan fingerprint density at radius 1 is 1.27 bits per heavy atom. The summed E-state index contributed by atoms with van der Waals surface area (Å²) in [6.07, 6.45) is -0.123. The lowest BCUT2D eigenvalue weighted by Gasteiger charge is -2.12. The van der Waals surface area contributed by atoms with Gasteiger partial charge in [0.2, 0.25) is 0 Å². The van der Waals surface area contributed by atoms with Gasteiger partial charge in [-0.25, -0.2) is 0 Å². The van der Waals surface area contributed by atoms with Crippen LogP contribution in [0.15, 0.2) is 36.4 Å². The molecule has 1 N–H and O–H groups in total. The van der Waals surface area contributed by atoms with Gasteiger partial charge in [0, 0.05) is 16.8 Å². The third-order valence-electron chi connectivity index (χ3n) is 3.17. The molecule has 0 saturated carbocycles. The largest absolute Gasteiger partial charge is 0.334 e. The van der Waals surface area contributed by atoms with Crippen LogP contribution < -0.4 is 0 Å². The SMILES string of the molecule is CCOP(=O)(O)Cc1ccc(-c2ccccc2C#N)c(C)n1. The van der Waals surface area contributed by atoms with E-state index in [1.54, 1.807) is 19.1 Å². The first-order chi connectivity index (χ1) is 10.5. The first kappa shape index (κ1) is 16.4. The summed E-state index contributed by atoms with van der Waals surface area (Å²) in [6.45, 7) is 3.67. The van der Waals surface area contributed by atoms with Crippen LogP contribution in [0.5, 0.6) is 0 Å². The number of benzene rings is 1. The second kappa shape index (κ2) is 6.85. The summed E-state index contributed by atoms with van der Waals surface area (Å²) < 4.78 is 16.7. The number of hydrogen-bond acceptors (Lipinski definition) is 4. The first-order valence-electron chi connectivity index (χ1n) is 6.89. The third-order valence-corrected chi connectivity index (χ3v) is 4.56. The molecule has 0 aliphatic rings. The number of pyridine rings is 1. The highest BCUT2D eigenvalue weighted by molar-refractivity contribution is 7.51. The molecule has 1 heterocycles. The molecule has 6 heteroatoms. The number of nitrogens with zero attached hydrogens (tertiary/aromatic N) is 2. The van der Waals surface area contributed by atoms with E-state index in [0.717, 1.165) is 11.1 Å². The highest BCUT2D eigenvalue weighted by Crippen LogP contribution is 2.45. The van der Waals surface area contributed by atoms with Gasteiger partial charge in [-0.3, -0.25) is 9.55 Å². The lowest BCUT2D eigenvalue weighted by molar-refractivity contribution is 0.272. The van der Waals surface area contributed by atoms with E-state index in [0.29, 0.717) is 17.0 Å². The second-order valence-electron chi connectivity index (χ2n) is 4.81. The van der Waals surface area contributed by atoms with E-state index in [9.17, 15) is 14.7 Å². The number of hydrogen-bond donors (Lipinski definition) is 1. The highest BCUT2D eigenvalue weighted by Gasteiger charge is 2.20. The van der Waals surface area contributed by atoms with Crippen LogP contribution in [-0.4, -0.2) is 16.5 Å². The van der Waals surface area contributed by atoms with Crippen molar-refractivity contribution < 1.29 is 14.0 Å². The zero-order valence-corrected chi connectivity index (χ0v) is 13.4. The Labute approximate surface area is 129 Å². The monoisotopic (exact) mass is 316 g/mol. The van der Waals surface area contributed by atoms with Gasteiger partial charge >= 0.3 is 7.60 Å². The van der Waals surface area contributed by atoms with Crippen molar-refractivity contribution in [1.82, 2.24) is 4.98 Å². The standard InChI is InChI=1S/C16H17N2O3P/c1-3-21-22(19,20)11-14-8-9-15(12(2)18-14)16-7-5-4-6-13(16)10-17/h4-9H,3,11H2,1-2H3,(H,19,20). The fourth-order valence-electron chi connectivity index (χ4n) is 2.25. The Bertz CT molecular complexity index is 768. The molecule has 0 aliphatic carbocycles. The number of rotatable bonds is 5. The van der Waals surface area contributed by atoms with Gasteiger partial charge in [0.25, 0.3) is 0 Å². The minimum absolute atomic E-state index is 0.123. The first-order valence-corrected chi connectivity index (χ1v) is 8.65. The Morgan fingerprint density at radius 2 is 2.00 bits per heavy atom. The molecule has 2 rings (SSSR count). The number of aromatic nitrogens is 1. The van der Waals surface area contributed by atoms with Crippen LogP contribution in [0.4, 0.5) is 0 Å². The Morgan fingerprint density at radius 3 is 2.64 bits per heavy atom. The third kappa shape index (κ3) is 3.80. The Balaban J connectivity index is 2.35. The van der Waals surface area contributed by atoms with Gasteiger partial charge in [0.1, 0.15) is 0 Å². The van der Waals surface area contributed by atoms with E-state index >= 15 is 0 Å². The maximum absolute atomic E-state index is 11.8. The summed E-state index contributed by atoms with van der Waals surface area (Å²) >= 11 is 0. The van der Waals surface area contributed by atoms with Crippen molar-refractivity contribution in [2.75, 3.05) is 6.61 Å². The van der Waals surface area contributed by atoms with Crippen molar-refractivity contribution in [2.45, 2.75) is 20.0 Å². The second-order valence-corrected chi connectivity index (χ2v) is 6.66. The summed E-state index contributed by atoms with van der Waals surface area (Å²) in [5, 5.41) is 9.18. The molecule has 22 heavy (non-hydrogen) atoms. The molecule has 114 valence electrons. The highest BCUT2D eigenvalue weighted by atomic mass is 31.2. The number of nitriles is 1. The van der Waals surface area contributed by atoms with E-state index in [2.05, 4.69) is 11.1 Å². The molecule has 0 aliphatic heterocycles. The predicted molar refractivity (Wildman–Crippen MR) is 84.3 cm³/mol. The van der Waals surface area contributed by atoms with Crippen molar-refractivity contribution in [3.05, 3.63) is 53.3 Å². The van der Waals surface area contributed by atoms with E-state index in [1.807, 2.05) is 31.2 Å². The van der Waals surface area contributed by atoms with Crippen molar-refractivity contribution in [3.8, 4) is 17.2 Å². The molecule has 0 fully saturated rings. The average Bonchev–Trinajstić information content (AvgIpc) is 2.47. The van der Waals surface area contributed by atoms with Crippen LogP contribution in [0.25, 0.3) is 11.1 Å². The molecule has 1 atom stereocenters. The average molecular weight is 316 g/mol. The van der Waals surface area contributed by atoms with E-state index in [4.69, 9.17) is 4.52 Å². The molecule has 5 nitrogen and oxygen atoms in total. The fraction of sp³-hybridized carbons (Fsp3) is 0.250. The van der Waals surface area contributed by atoms with E-state index < -0.39 is 7.60 Å². The maximum atomic E-state index is 11.8. The van der Waals surface area contributed by atoms with Crippen molar-refractivity contribution >= 4 is 7.60 Å². The van der Waals surface area contributed by atoms with Gasteiger partial charge in [-0.05, 0) is 26.0 Å². The van der Waals surface area contributed by atoms with Gasteiger partial charge in [0.05, 0.1) is 30.1 Å². The minimum Gasteiger partial charge on any atom is -0.324 e. The Kier molecular flexibility index (Phi) is 5.10.